The average molecular weight is 505 g/mol. The van der Waals surface area contributed by atoms with Gasteiger partial charge in [-0.25, -0.2) is 9.98 Å². The molecular weight excluding hydrogens is 469 g/mol. The molecule has 1 saturated heterocycles. The van der Waals surface area contributed by atoms with E-state index in [1.54, 1.807) is 0 Å². The van der Waals surface area contributed by atoms with Crippen LogP contribution in [0.2, 0.25) is 0 Å². The maximum atomic E-state index is 12.8. The van der Waals surface area contributed by atoms with E-state index in [2.05, 4.69) is 42.9 Å². The van der Waals surface area contributed by atoms with Crippen LogP contribution in [0.5, 0.6) is 0 Å². The van der Waals surface area contributed by atoms with Gasteiger partial charge in [0.1, 0.15) is 0 Å². The van der Waals surface area contributed by atoms with Crippen molar-refractivity contribution < 1.29 is 4.79 Å². The van der Waals surface area contributed by atoms with E-state index in [9.17, 15) is 4.79 Å². The van der Waals surface area contributed by atoms with E-state index in [0.29, 0.717) is 13.1 Å². The second-order valence-corrected chi connectivity index (χ2v) is 8.20. The van der Waals surface area contributed by atoms with Gasteiger partial charge in [-0.1, -0.05) is 0 Å². The topological polar surface area (TPSA) is 69.0 Å². The zero-order valence-corrected chi connectivity index (χ0v) is 20.8. The Morgan fingerprint density at radius 2 is 2.04 bits per heavy atom. The zero-order chi connectivity index (χ0) is 20.4. The van der Waals surface area contributed by atoms with Gasteiger partial charge in [0.15, 0.2) is 5.96 Å². The molecule has 9 heteroatoms. The summed E-state index contributed by atoms with van der Waals surface area (Å²) in [5, 5.41) is 3.34. The highest BCUT2D eigenvalue weighted by Crippen LogP contribution is 2.24. The van der Waals surface area contributed by atoms with Gasteiger partial charge in [-0.3, -0.25) is 4.79 Å². The van der Waals surface area contributed by atoms with Crippen molar-refractivity contribution >= 4 is 41.8 Å². The van der Waals surface area contributed by atoms with Gasteiger partial charge in [-0.15, -0.1) is 24.0 Å². The predicted octanol–water partition coefficient (Wildman–Crippen LogP) is 1.90. The number of nitrogens with zero attached hydrogens (tertiary/aromatic N) is 6. The quantitative estimate of drug-likeness (QED) is 0.376. The van der Waals surface area contributed by atoms with Crippen LogP contribution in [-0.2, 0) is 18.4 Å². The molecular formula is C19H36IN7O. The maximum absolute atomic E-state index is 12.8. The highest BCUT2D eigenvalue weighted by Gasteiger charge is 2.40. The Morgan fingerprint density at radius 1 is 1.39 bits per heavy atom. The number of aliphatic imine (C=N–C) groups is 1. The molecule has 0 atom stereocenters. The summed E-state index contributed by atoms with van der Waals surface area (Å²) in [6.07, 6.45) is 1.86. The van der Waals surface area contributed by atoms with Crippen LogP contribution in [0.15, 0.2) is 11.2 Å². The molecule has 1 fully saturated rings. The molecule has 1 aliphatic heterocycles. The van der Waals surface area contributed by atoms with Crippen molar-refractivity contribution in [1.82, 2.24) is 24.7 Å². The van der Waals surface area contributed by atoms with Crippen molar-refractivity contribution in [2.24, 2.45) is 12.0 Å². The third-order valence-corrected chi connectivity index (χ3v) is 4.83. The monoisotopic (exact) mass is 505 g/mol. The van der Waals surface area contributed by atoms with E-state index in [1.807, 2.05) is 48.6 Å². The zero-order valence-electron chi connectivity index (χ0n) is 18.5. The number of hydrogen-bond donors (Lipinski definition) is 1. The molecule has 0 aliphatic carbocycles. The molecule has 1 N–H and O–H groups in total. The highest BCUT2D eigenvalue weighted by molar-refractivity contribution is 14.0. The Bertz CT molecular complexity index is 696. The lowest BCUT2D eigenvalue weighted by Gasteiger charge is -2.49. The number of amides is 1. The molecule has 28 heavy (non-hydrogen) atoms. The standard InChI is InChI=1S/C19H35N7O.HI/c1-9-20-17(21-10-15-11-22-18(23(6)7)24(15)8)25-12-16(27)26(14(2)3)19(4,5)13-25;/h11,14H,9-10,12-13H2,1-8H3,(H,20,21);1H. The number of carbonyl (C=O) groups is 1. The van der Waals surface area contributed by atoms with Gasteiger partial charge in [0, 0.05) is 40.3 Å². The van der Waals surface area contributed by atoms with Gasteiger partial charge in [0.2, 0.25) is 11.9 Å². The second kappa shape index (κ2) is 9.80. The Kier molecular flexibility index (Phi) is 8.58. The lowest BCUT2D eigenvalue weighted by atomic mass is 9.96. The molecule has 2 rings (SSSR count). The van der Waals surface area contributed by atoms with E-state index >= 15 is 0 Å². The minimum atomic E-state index is -0.246. The van der Waals surface area contributed by atoms with Crippen molar-refractivity contribution in [2.75, 3.05) is 38.6 Å². The smallest absolute Gasteiger partial charge is 0.242 e. The van der Waals surface area contributed by atoms with Crippen molar-refractivity contribution in [2.45, 2.75) is 52.7 Å². The first-order valence-corrected chi connectivity index (χ1v) is 9.61. The number of nitrogens with one attached hydrogen (secondary N) is 1. The van der Waals surface area contributed by atoms with Gasteiger partial charge in [0.05, 0.1) is 30.5 Å². The summed E-state index contributed by atoms with van der Waals surface area (Å²) in [5.41, 5.74) is 0.783. The minimum Gasteiger partial charge on any atom is -0.356 e. The van der Waals surface area contributed by atoms with Crippen LogP contribution in [0.4, 0.5) is 5.95 Å². The second-order valence-electron chi connectivity index (χ2n) is 8.20. The summed E-state index contributed by atoms with van der Waals surface area (Å²) in [4.78, 5) is 28.0. The number of hydrogen-bond acceptors (Lipinski definition) is 4. The van der Waals surface area contributed by atoms with Gasteiger partial charge >= 0.3 is 0 Å². The Labute approximate surface area is 186 Å². The summed E-state index contributed by atoms with van der Waals surface area (Å²) in [7, 11) is 5.94. The van der Waals surface area contributed by atoms with Crippen LogP contribution in [-0.4, -0.2) is 76.5 Å². The molecule has 0 radical (unpaired) electrons. The van der Waals surface area contributed by atoms with Gasteiger partial charge in [-0.05, 0) is 34.6 Å². The van der Waals surface area contributed by atoms with Gasteiger partial charge in [0.25, 0.3) is 0 Å². The summed E-state index contributed by atoms with van der Waals surface area (Å²) in [5.74, 6) is 1.81. The van der Waals surface area contributed by atoms with E-state index in [0.717, 1.165) is 30.7 Å². The van der Waals surface area contributed by atoms with Crippen LogP contribution in [0.25, 0.3) is 0 Å². The first kappa shape index (κ1) is 24.5. The fourth-order valence-corrected chi connectivity index (χ4v) is 3.89. The first-order valence-electron chi connectivity index (χ1n) is 9.61. The van der Waals surface area contributed by atoms with Crippen LogP contribution in [0.1, 0.15) is 40.3 Å². The average Bonchev–Trinajstić information content (AvgIpc) is 2.90. The summed E-state index contributed by atoms with van der Waals surface area (Å²) in [6, 6.07) is 0.188. The fourth-order valence-electron chi connectivity index (χ4n) is 3.89. The third-order valence-electron chi connectivity index (χ3n) is 4.83. The van der Waals surface area contributed by atoms with Crippen molar-refractivity contribution in [1.29, 1.82) is 0 Å². The SMILES string of the molecule is CCNC(=NCc1cnc(N(C)C)n1C)N1CC(=O)N(C(C)C)C(C)(C)C1.I. The number of carbonyl (C=O) groups excluding carboxylic acids is 1. The molecule has 1 amide bonds. The van der Waals surface area contributed by atoms with Gasteiger partial charge < -0.3 is 24.6 Å². The van der Waals surface area contributed by atoms with Crippen LogP contribution in [0, 0.1) is 0 Å². The summed E-state index contributed by atoms with van der Waals surface area (Å²) < 4.78 is 2.04. The normalized spacial score (nSPS) is 17.0. The summed E-state index contributed by atoms with van der Waals surface area (Å²) in [6.45, 7) is 12.8. The Morgan fingerprint density at radius 3 is 2.50 bits per heavy atom. The van der Waals surface area contributed by atoms with Crippen LogP contribution < -0.4 is 10.2 Å². The van der Waals surface area contributed by atoms with E-state index in [-0.39, 0.29) is 41.5 Å². The number of imidazole rings is 1. The van der Waals surface area contributed by atoms with E-state index < -0.39 is 0 Å². The van der Waals surface area contributed by atoms with Crippen LogP contribution >= 0.6 is 24.0 Å². The molecule has 2 heterocycles. The fraction of sp³-hybridized carbons (Fsp3) is 0.737. The number of rotatable bonds is 5. The molecule has 1 aromatic heterocycles. The number of piperazine rings is 1. The van der Waals surface area contributed by atoms with Crippen LogP contribution in [0.3, 0.4) is 0 Å². The lowest BCUT2D eigenvalue weighted by Crippen LogP contribution is -2.66. The van der Waals surface area contributed by atoms with Gasteiger partial charge in [-0.2, -0.15) is 0 Å². The summed E-state index contributed by atoms with van der Waals surface area (Å²) >= 11 is 0. The molecule has 160 valence electrons. The molecule has 0 spiro atoms. The molecule has 0 saturated carbocycles. The number of aromatic nitrogens is 2. The Balaban J connectivity index is 0.00000392. The van der Waals surface area contributed by atoms with E-state index in [1.165, 1.54) is 0 Å². The van der Waals surface area contributed by atoms with Crippen molar-refractivity contribution in [3.05, 3.63) is 11.9 Å². The lowest BCUT2D eigenvalue weighted by molar-refractivity contribution is -0.145. The molecule has 8 nitrogen and oxygen atoms in total. The minimum absolute atomic E-state index is 0. The highest BCUT2D eigenvalue weighted by atomic mass is 127. The molecule has 0 aromatic carbocycles. The number of halogens is 1. The number of anilines is 1. The maximum Gasteiger partial charge on any atom is 0.242 e. The predicted molar refractivity (Wildman–Crippen MR) is 125 cm³/mol. The molecule has 1 aliphatic rings. The Hall–Kier alpha value is -1.52. The molecule has 0 unspecified atom stereocenters. The van der Waals surface area contributed by atoms with Crippen molar-refractivity contribution in [3.63, 3.8) is 0 Å². The molecule has 0 bridgehead atoms. The molecule has 1 aromatic rings. The van der Waals surface area contributed by atoms with E-state index in [4.69, 9.17) is 4.99 Å². The van der Waals surface area contributed by atoms with Crippen molar-refractivity contribution in [3.8, 4) is 0 Å². The largest absolute Gasteiger partial charge is 0.356 e. The number of guanidine groups is 1. The first-order chi connectivity index (χ1) is 12.6. The third kappa shape index (κ3) is 5.30.